The second kappa shape index (κ2) is 4.64. The van der Waals surface area contributed by atoms with Crippen LogP contribution in [0, 0.1) is 3.90 Å². The van der Waals surface area contributed by atoms with Gasteiger partial charge in [0.2, 0.25) is 5.89 Å². The van der Waals surface area contributed by atoms with Gasteiger partial charge in [0.15, 0.2) is 11.4 Å². The van der Waals surface area contributed by atoms with Crippen LogP contribution >= 0.6 is 22.6 Å². The van der Waals surface area contributed by atoms with Crippen molar-refractivity contribution < 1.29 is 18.4 Å². The van der Waals surface area contributed by atoms with E-state index in [2.05, 4.69) is 9.97 Å². The normalized spacial score (nSPS) is 10.4. The monoisotopic (exact) mass is 334 g/mol. The summed E-state index contributed by atoms with van der Waals surface area (Å²) in [6.45, 7) is 2.02. The van der Waals surface area contributed by atoms with Crippen molar-refractivity contribution in [2.24, 2.45) is 0 Å². The molecule has 0 bridgehead atoms. The van der Waals surface area contributed by atoms with Gasteiger partial charge in [0.05, 0.1) is 6.61 Å². The van der Waals surface area contributed by atoms with E-state index in [0.717, 1.165) is 0 Å². The Labute approximate surface area is 104 Å². The van der Waals surface area contributed by atoms with Crippen LogP contribution in [-0.2, 0) is 4.74 Å². The molecule has 0 radical (unpaired) electrons. The average molecular weight is 334 g/mol. The molecule has 0 spiro atoms. The number of rotatable bonds is 3. The molecule has 16 heavy (non-hydrogen) atoms. The molecule has 0 aliphatic rings. The molecule has 6 nitrogen and oxygen atoms in total. The van der Waals surface area contributed by atoms with Crippen LogP contribution in [0.4, 0.5) is 0 Å². The number of hydrogen-bond donors (Lipinski definition) is 0. The second-order valence-corrected chi connectivity index (χ2v) is 3.67. The molecule has 2 heterocycles. The predicted octanol–water partition coefficient (Wildman–Crippen LogP) is 2.11. The zero-order valence-electron chi connectivity index (χ0n) is 8.27. The lowest BCUT2D eigenvalue weighted by atomic mass is 10.5. The second-order valence-electron chi connectivity index (χ2n) is 2.74. The summed E-state index contributed by atoms with van der Waals surface area (Å²) in [6.07, 6.45) is 2.64. The Morgan fingerprint density at radius 3 is 2.88 bits per heavy atom. The first-order valence-corrected chi connectivity index (χ1v) is 5.52. The van der Waals surface area contributed by atoms with Gasteiger partial charge in [-0.2, -0.15) is 4.98 Å². The van der Waals surface area contributed by atoms with E-state index in [9.17, 15) is 4.79 Å². The van der Waals surface area contributed by atoms with Gasteiger partial charge in [-0.05, 0) is 6.92 Å². The number of carbonyl (C=O) groups is 1. The quantitative estimate of drug-likeness (QED) is 0.632. The standard InChI is InChI=1S/C9H7IN2O4/c1-2-14-8(13)6-4-15-7(11-6)5-3-16-9(10)12-5/h3-4H,2H2,1H3. The highest BCUT2D eigenvalue weighted by Gasteiger charge is 2.16. The van der Waals surface area contributed by atoms with E-state index in [1.165, 1.54) is 12.5 Å². The smallest absolute Gasteiger partial charge is 0.360 e. The summed E-state index contributed by atoms with van der Waals surface area (Å²) < 4.78 is 15.3. The Kier molecular flexibility index (Phi) is 3.22. The molecule has 0 unspecified atom stereocenters. The number of nitrogens with zero attached hydrogens (tertiary/aromatic N) is 2. The van der Waals surface area contributed by atoms with Crippen LogP contribution in [0.15, 0.2) is 21.4 Å². The lowest BCUT2D eigenvalue weighted by Crippen LogP contribution is -2.04. The number of aromatic nitrogens is 2. The maximum absolute atomic E-state index is 11.3. The van der Waals surface area contributed by atoms with E-state index >= 15 is 0 Å². The van der Waals surface area contributed by atoms with Gasteiger partial charge in [0.25, 0.3) is 3.90 Å². The Morgan fingerprint density at radius 1 is 1.44 bits per heavy atom. The highest BCUT2D eigenvalue weighted by atomic mass is 127. The maximum atomic E-state index is 11.3. The van der Waals surface area contributed by atoms with Crippen molar-refractivity contribution in [3.05, 3.63) is 22.1 Å². The number of esters is 1. The largest absolute Gasteiger partial charge is 0.461 e. The van der Waals surface area contributed by atoms with Crippen molar-refractivity contribution in [2.75, 3.05) is 6.61 Å². The lowest BCUT2D eigenvalue weighted by molar-refractivity contribution is 0.0519. The molecule has 84 valence electrons. The molecular formula is C9H7IN2O4. The molecule has 0 aromatic carbocycles. The molecule has 0 atom stereocenters. The minimum Gasteiger partial charge on any atom is -0.461 e. The highest BCUT2D eigenvalue weighted by molar-refractivity contribution is 14.1. The third kappa shape index (κ3) is 2.23. The van der Waals surface area contributed by atoms with Crippen molar-refractivity contribution in [1.29, 1.82) is 0 Å². The van der Waals surface area contributed by atoms with Crippen LogP contribution < -0.4 is 0 Å². The summed E-state index contributed by atoms with van der Waals surface area (Å²) in [5.41, 5.74) is 0.565. The Hall–Kier alpha value is -1.38. The molecule has 0 aliphatic carbocycles. The molecule has 0 saturated heterocycles. The molecule has 2 aromatic rings. The van der Waals surface area contributed by atoms with Crippen LogP contribution in [0.25, 0.3) is 11.6 Å². The number of ether oxygens (including phenoxy) is 1. The van der Waals surface area contributed by atoms with Crippen molar-refractivity contribution in [2.45, 2.75) is 6.92 Å². The van der Waals surface area contributed by atoms with Crippen molar-refractivity contribution in [1.82, 2.24) is 9.97 Å². The molecule has 2 rings (SSSR count). The van der Waals surface area contributed by atoms with Crippen molar-refractivity contribution in [3.63, 3.8) is 0 Å². The predicted molar refractivity (Wildman–Crippen MR) is 60.7 cm³/mol. The van der Waals surface area contributed by atoms with E-state index in [1.54, 1.807) is 6.92 Å². The van der Waals surface area contributed by atoms with Gasteiger partial charge in [-0.25, -0.2) is 9.78 Å². The average Bonchev–Trinajstić information content (AvgIpc) is 2.85. The van der Waals surface area contributed by atoms with Crippen LogP contribution in [0.1, 0.15) is 17.4 Å². The molecular weight excluding hydrogens is 327 g/mol. The fraction of sp³-hybridized carbons (Fsp3) is 0.222. The van der Waals surface area contributed by atoms with Crippen LogP contribution in [0.2, 0.25) is 0 Å². The minimum atomic E-state index is -0.518. The van der Waals surface area contributed by atoms with Crippen LogP contribution in [0.5, 0.6) is 0 Å². The van der Waals surface area contributed by atoms with Crippen molar-refractivity contribution in [3.8, 4) is 11.6 Å². The van der Waals surface area contributed by atoms with E-state index in [4.69, 9.17) is 13.6 Å². The highest BCUT2D eigenvalue weighted by Crippen LogP contribution is 2.18. The summed E-state index contributed by atoms with van der Waals surface area (Å²) in [7, 11) is 0. The molecule has 0 fully saturated rings. The molecule has 0 aliphatic heterocycles. The Balaban J connectivity index is 2.22. The fourth-order valence-electron chi connectivity index (χ4n) is 1.04. The third-order valence-electron chi connectivity index (χ3n) is 1.68. The molecule has 0 N–H and O–H groups in total. The number of halogens is 1. The molecule has 2 aromatic heterocycles. The van der Waals surface area contributed by atoms with Crippen molar-refractivity contribution >= 4 is 28.6 Å². The van der Waals surface area contributed by atoms with Gasteiger partial charge in [-0.1, -0.05) is 0 Å². The summed E-state index contributed by atoms with van der Waals surface area (Å²) in [6, 6.07) is 0. The fourth-order valence-corrected chi connectivity index (χ4v) is 1.43. The van der Waals surface area contributed by atoms with Gasteiger partial charge in [0.1, 0.15) is 12.5 Å². The first kappa shape index (κ1) is 11.1. The number of hydrogen-bond acceptors (Lipinski definition) is 6. The molecule has 0 amide bonds. The molecule has 0 saturated carbocycles. The summed E-state index contributed by atoms with van der Waals surface area (Å²) in [5, 5.41) is 0. The first-order chi connectivity index (χ1) is 7.70. The van der Waals surface area contributed by atoms with Crippen LogP contribution in [-0.4, -0.2) is 22.5 Å². The van der Waals surface area contributed by atoms with Gasteiger partial charge in [0, 0.05) is 22.6 Å². The van der Waals surface area contributed by atoms with Gasteiger partial charge < -0.3 is 13.6 Å². The minimum absolute atomic E-state index is 0.120. The Morgan fingerprint density at radius 2 is 2.25 bits per heavy atom. The lowest BCUT2D eigenvalue weighted by Gasteiger charge is -1.94. The zero-order valence-corrected chi connectivity index (χ0v) is 10.4. The number of oxazole rings is 2. The van der Waals surface area contributed by atoms with Gasteiger partial charge >= 0.3 is 5.97 Å². The Bertz CT molecular complexity index is 505. The van der Waals surface area contributed by atoms with E-state index in [0.29, 0.717) is 16.2 Å². The third-order valence-corrected chi connectivity index (χ3v) is 2.18. The SMILES string of the molecule is CCOC(=O)c1coc(-c2coc(I)n2)n1. The van der Waals surface area contributed by atoms with Gasteiger partial charge in [-0.3, -0.25) is 0 Å². The topological polar surface area (TPSA) is 78.4 Å². The molecule has 7 heteroatoms. The number of carbonyl (C=O) groups excluding carboxylic acids is 1. The zero-order chi connectivity index (χ0) is 11.5. The summed E-state index contributed by atoms with van der Waals surface area (Å²) >= 11 is 1.92. The van der Waals surface area contributed by atoms with E-state index in [-0.39, 0.29) is 11.6 Å². The van der Waals surface area contributed by atoms with E-state index < -0.39 is 5.97 Å². The van der Waals surface area contributed by atoms with Gasteiger partial charge in [-0.15, -0.1) is 0 Å². The van der Waals surface area contributed by atoms with Crippen LogP contribution in [0.3, 0.4) is 0 Å². The summed E-state index contributed by atoms with van der Waals surface area (Å²) in [4.78, 5) is 19.3. The maximum Gasteiger partial charge on any atom is 0.360 e. The first-order valence-electron chi connectivity index (χ1n) is 4.44. The van der Waals surface area contributed by atoms with E-state index in [1.807, 2.05) is 22.6 Å². The summed E-state index contributed by atoms with van der Waals surface area (Å²) in [5.74, 6) is -0.287.